The van der Waals surface area contributed by atoms with E-state index >= 15 is 0 Å². The number of sulfonamides is 1. The molecule has 0 aliphatic carbocycles. The second-order valence-electron chi connectivity index (χ2n) is 6.09. The number of hydrogen-bond donors (Lipinski definition) is 1. The largest absolute Gasteiger partial charge is 0.450 e. The number of aromatic nitrogens is 1. The normalized spacial score (nSPS) is 14.9. The van der Waals surface area contributed by atoms with Crippen molar-refractivity contribution in [3.05, 3.63) is 41.8 Å². The summed E-state index contributed by atoms with van der Waals surface area (Å²) >= 11 is 0. The van der Waals surface area contributed by atoms with E-state index in [1.807, 2.05) is 0 Å². The molecule has 10 heteroatoms. The minimum absolute atomic E-state index is 0.0863. The van der Waals surface area contributed by atoms with Crippen LogP contribution in [0.25, 0.3) is 0 Å². The van der Waals surface area contributed by atoms with Crippen LogP contribution in [0.4, 0.5) is 5.69 Å². The predicted molar refractivity (Wildman–Crippen MR) is 94.6 cm³/mol. The lowest BCUT2D eigenvalue weighted by atomic mass is 10.3. The third-order valence-corrected chi connectivity index (χ3v) is 5.92. The maximum atomic E-state index is 12.4. The van der Waals surface area contributed by atoms with E-state index in [0.717, 1.165) is 12.8 Å². The van der Waals surface area contributed by atoms with Crippen LogP contribution in [0.3, 0.4) is 0 Å². The van der Waals surface area contributed by atoms with Crippen molar-refractivity contribution in [2.75, 3.05) is 25.0 Å². The van der Waals surface area contributed by atoms with Crippen molar-refractivity contribution in [1.82, 2.24) is 9.46 Å². The van der Waals surface area contributed by atoms with Crippen LogP contribution in [0.5, 0.6) is 0 Å². The quantitative estimate of drug-likeness (QED) is 0.740. The number of aryl methyl sites for hydroxylation is 1. The van der Waals surface area contributed by atoms with Gasteiger partial charge in [-0.3, -0.25) is 4.79 Å². The fourth-order valence-electron chi connectivity index (χ4n) is 2.65. The average molecular weight is 393 g/mol. The van der Waals surface area contributed by atoms with Crippen molar-refractivity contribution in [3.8, 4) is 0 Å². The van der Waals surface area contributed by atoms with Crippen LogP contribution in [0.15, 0.2) is 39.8 Å². The zero-order valence-electron chi connectivity index (χ0n) is 14.7. The van der Waals surface area contributed by atoms with E-state index in [-0.39, 0.29) is 10.7 Å². The van der Waals surface area contributed by atoms with Gasteiger partial charge in [0.1, 0.15) is 0 Å². The first-order chi connectivity index (χ1) is 12.9. The molecule has 0 atom stereocenters. The van der Waals surface area contributed by atoms with Crippen LogP contribution in [-0.4, -0.2) is 49.5 Å². The number of nitrogens with one attached hydrogen (secondary N) is 1. The number of nitrogens with zero attached hydrogens (tertiary/aromatic N) is 2. The van der Waals surface area contributed by atoms with E-state index < -0.39 is 28.5 Å². The summed E-state index contributed by atoms with van der Waals surface area (Å²) in [4.78, 5) is 23.7. The topological polar surface area (TPSA) is 119 Å². The molecule has 1 fully saturated rings. The molecule has 2 heterocycles. The molecule has 144 valence electrons. The van der Waals surface area contributed by atoms with Gasteiger partial charge >= 0.3 is 5.97 Å². The standard InChI is InChI=1S/C17H19N3O6S/c1-12-10-15(26-19-12)17(22)25-11-16(21)18-13-4-6-14(7-5-13)27(23,24)20-8-2-3-9-20/h4-7,10H,2-3,8-9,11H2,1H3,(H,18,21). The van der Waals surface area contributed by atoms with E-state index in [2.05, 4.69) is 10.5 Å². The van der Waals surface area contributed by atoms with Crippen molar-refractivity contribution in [2.45, 2.75) is 24.7 Å². The van der Waals surface area contributed by atoms with Crippen LogP contribution < -0.4 is 5.32 Å². The number of esters is 1. The Morgan fingerprint density at radius 1 is 1.22 bits per heavy atom. The lowest BCUT2D eigenvalue weighted by Crippen LogP contribution is -2.27. The number of carbonyl (C=O) groups is 2. The summed E-state index contributed by atoms with van der Waals surface area (Å²) < 4.78 is 35.9. The molecule has 1 aliphatic heterocycles. The summed E-state index contributed by atoms with van der Waals surface area (Å²) in [6.45, 7) is 2.20. The van der Waals surface area contributed by atoms with Crippen molar-refractivity contribution >= 4 is 27.6 Å². The summed E-state index contributed by atoms with van der Waals surface area (Å²) in [6, 6.07) is 7.25. The maximum Gasteiger partial charge on any atom is 0.377 e. The van der Waals surface area contributed by atoms with Gasteiger partial charge < -0.3 is 14.6 Å². The molecule has 9 nitrogen and oxygen atoms in total. The fraction of sp³-hybridized carbons (Fsp3) is 0.353. The third kappa shape index (κ3) is 4.52. The van der Waals surface area contributed by atoms with Gasteiger partial charge in [-0.05, 0) is 44.0 Å². The van der Waals surface area contributed by atoms with E-state index in [9.17, 15) is 18.0 Å². The van der Waals surface area contributed by atoms with Gasteiger partial charge in [-0.25, -0.2) is 13.2 Å². The Morgan fingerprint density at radius 2 is 1.89 bits per heavy atom. The molecular weight excluding hydrogens is 374 g/mol. The number of benzene rings is 1. The molecule has 1 aliphatic rings. The summed E-state index contributed by atoms with van der Waals surface area (Å²) in [5, 5.41) is 6.09. The van der Waals surface area contributed by atoms with Crippen LogP contribution >= 0.6 is 0 Å². The molecule has 2 aromatic rings. The first-order valence-electron chi connectivity index (χ1n) is 8.37. The van der Waals surface area contributed by atoms with Crippen molar-refractivity contribution in [3.63, 3.8) is 0 Å². The van der Waals surface area contributed by atoms with E-state index in [4.69, 9.17) is 9.26 Å². The molecule has 1 saturated heterocycles. The van der Waals surface area contributed by atoms with Crippen LogP contribution in [0.1, 0.15) is 29.1 Å². The highest BCUT2D eigenvalue weighted by atomic mass is 32.2. The molecule has 1 aromatic heterocycles. The highest BCUT2D eigenvalue weighted by Crippen LogP contribution is 2.22. The van der Waals surface area contributed by atoms with Crippen LogP contribution in [0.2, 0.25) is 0 Å². The maximum absolute atomic E-state index is 12.4. The molecule has 1 amide bonds. The second kappa shape index (κ2) is 7.89. The highest BCUT2D eigenvalue weighted by Gasteiger charge is 2.27. The van der Waals surface area contributed by atoms with E-state index in [1.165, 1.54) is 34.6 Å². The van der Waals surface area contributed by atoms with Gasteiger partial charge in [-0.15, -0.1) is 0 Å². The van der Waals surface area contributed by atoms with Crippen molar-refractivity contribution in [1.29, 1.82) is 0 Å². The van der Waals surface area contributed by atoms with Gasteiger partial charge in [0.2, 0.25) is 15.8 Å². The van der Waals surface area contributed by atoms with Crippen LogP contribution in [0, 0.1) is 6.92 Å². The van der Waals surface area contributed by atoms with Gasteiger partial charge in [0.05, 0.1) is 10.6 Å². The number of amides is 1. The third-order valence-electron chi connectivity index (χ3n) is 4.00. The van der Waals surface area contributed by atoms with Crippen molar-refractivity contribution in [2.24, 2.45) is 0 Å². The van der Waals surface area contributed by atoms with Gasteiger partial charge in [0.25, 0.3) is 5.91 Å². The number of hydrogen-bond acceptors (Lipinski definition) is 7. The monoisotopic (exact) mass is 393 g/mol. The van der Waals surface area contributed by atoms with Crippen molar-refractivity contribution < 1.29 is 27.3 Å². The SMILES string of the molecule is Cc1cc(C(=O)OCC(=O)Nc2ccc(S(=O)(=O)N3CCCC3)cc2)on1. The zero-order valence-corrected chi connectivity index (χ0v) is 15.5. The van der Waals surface area contributed by atoms with Gasteiger partial charge in [0.15, 0.2) is 6.61 Å². The minimum Gasteiger partial charge on any atom is -0.450 e. The number of anilines is 1. The summed E-state index contributed by atoms with van der Waals surface area (Å²) in [6.07, 6.45) is 1.72. The molecule has 0 unspecified atom stereocenters. The van der Waals surface area contributed by atoms with Gasteiger partial charge in [-0.1, -0.05) is 5.16 Å². The minimum atomic E-state index is -3.50. The van der Waals surface area contributed by atoms with Gasteiger partial charge in [-0.2, -0.15) is 4.31 Å². The predicted octanol–water partition coefficient (Wildman–Crippen LogP) is 1.56. The Labute approximate surface area is 156 Å². The molecule has 0 saturated carbocycles. The molecule has 0 bridgehead atoms. The summed E-state index contributed by atoms with van der Waals surface area (Å²) in [5.74, 6) is -1.44. The lowest BCUT2D eigenvalue weighted by Gasteiger charge is -2.15. The molecule has 3 rings (SSSR count). The number of ether oxygens (including phenoxy) is 1. The Kier molecular flexibility index (Phi) is 5.57. The Balaban J connectivity index is 1.54. The average Bonchev–Trinajstić information content (AvgIpc) is 3.32. The highest BCUT2D eigenvalue weighted by molar-refractivity contribution is 7.89. The smallest absolute Gasteiger partial charge is 0.377 e. The number of rotatable bonds is 6. The molecule has 1 aromatic carbocycles. The summed E-state index contributed by atoms with van der Waals surface area (Å²) in [5.41, 5.74) is 0.919. The molecule has 0 spiro atoms. The number of carbonyl (C=O) groups excluding carboxylic acids is 2. The first-order valence-corrected chi connectivity index (χ1v) is 9.81. The zero-order chi connectivity index (χ0) is 19.4. The molecule has 1 N–H and O–H groups in total. The van der Waals surface area contributed by atoms with E-state index in [0.29, 0.717) is 24.5 Å². The molecule has 0 radical (unpaired) electrons. The lowest BCUT2D eigenvalue weighted by molar-refractivity contribution is -0.119. The molecule has 27 heavy (non-hydrogen) atoms. The molecular formula is C17H19N3O6S. The first kappa shape index (κ1) is 19.1. The Hall–Kier alpha value is -2.72. The van der Waals surface area contributed by atoms with E-state index in [1.54, 1.807) is 6.92 Å². The Bertz CT molecular complexity index is 930. The Morgan fingerprint density at radius 3 is 2.48 bits per heavy atom. The van der Waals surface area contributed by atoms with Crippen LogP contribution in [-0.2, 0) is 19.6 Å². The van der Waals surface area contributed by atoms with Gasteiger partial charge in [0, 0.05) is 24.8 Å². The fourth-order valence-corrected chi connectivity index (χ4v) is 4.16. The summed E-state index contributed by atoms with van der Waals surface area (Å²) in [7, 11) is -3.50. The second-order valence-corrected chi connectivity index (χ2v) is 8.03.